The zero-order valence-electron chi connectivity index (χ0n) is 15.1. The van der Waals surface area contributed by atoms with Crippen molar-refractivity contribution in [3.8, 4) is 5.75 Å². The van der Waals surface area contributed by atoms with Crippen molar-refractivity contribution in [2.45, 2.75) is 4.90 Å². The van der Waals surface area contributed by atoms with Gasteiger partial charge >= 0.3 is 0 Å². The monoisotopic (exact) mass is 478 g/mol. The molecular weight excluding hydrogens is 463 g/mol. The van der Waals surface area contributed by atoms with Crippen LogP contribution in [0.1, 0.15) is 10.4 Å². The number of anilines is 2. The van der Waals surface area contributed by atoms with Crippen LogP contribution >= 0.6 is 15.9 Å². The van der Waals surface area contributed by atoms with E-state index < -0.39 is 15.8 Å². The standard InChI is InChI=1S/C20H16BrFN2O4S/c1-28-19-11-2-13(12-18(19)21)20(25)23-15-7-9-17(10-8-15)29(26,27)24-16-5-3-14(22)4-6-16/h2-12,24H,1H3,(H,23,25). The molecule has 0 bridgehead atoms. The highest BCUT2D eigenvalue weighted by atomic mass is 79.9. The Morgan fingerprint density at radius 1 is 0.966 bits per heavy atom. The van der Waals surface area contributed by atoms with Gasteiger partial charge in [-0.3, -0.25) is 9.52 Å². The summed E-state index contributed by atoms with van der Waals surface area (Å²) in [7, 11) is -2.31. The van der Waals surface area contributed by atoms with Crippen molar-refractivity contribution < 1.29 is 22.3 Å². The summed E-state index contributed by atoms with van der Waals surface area (Å²) in [5.41, 5.74) is 1.09. The summed E-state index contributed by atoms with van der Waals surface area (Å²) < 4.78 is 46.0. The Bertz CT molecular complexity index is 1130. The first-order valence-corrected chi connectivity index (χ1v) is 10.6. The van der Waals surface area contributed by atoms with Gasteiger partial charge < -0.3 is 10.1 Å². The second kappa shape index (κ2) is 8.62. The zero-order valence-corrected chi connectivity index (χ0v) is 17.6. The van der Waals surface area contributed by atoms with Gasteiger partial charge in [0, 0.05) is 16.9 Å². The van der Waals surface area contributed by atoms with E-state index in [0.29, 0.717) is 21.5 Å². The van der Waals surface area contributed by atoms with Gasteiger partial charge in [-0.2, -0.15) is 0 Å². The molecule has 0 radical (unpaired) electrons. The molecule has 3 aromatic rings. The maximum Gasteiger partial charge on any atom is 0.261 e. The van der Waals surface area contributed by atoms with Gasteiger partial charge in [-0.05, 0) is 82.7 Å². The molecule has 6 nitrogen and oxygen atoms in total. The molecule has 3 aromatic carbocycles. The molecule has 0 aliphatic rings. The molecule has 0 spiro atoms. The number of ether oxygens (including phenoxy) is 1. The van der Waals surface area contributed by atoms with Crippen LogP contribution in [0.25, 0.3) is 0 Å². The van der Waals surface area contributed by atoms with Crippen molar-refractivity contribution in [3.63, 3.8) is 0 Å². The minimum atomic E-state index is -3.84. The Hall–Kier alpha value is -2.91. The van der Waals surface area contributed by atoms with Crippen molar-refractivity contribution >= 4 is 43.2 Å². The minimum Gasteiger partial charge on any atom is -0.496 e. The Kier molecular flexibility index (Phi) is 6.19. The Balaban J connectivity index is 1.71. The van der Waals surface area contributed by atoms with Crippen LogP contribution in [0, 0.1) is 5.82 Å². The molecule has 3 rings (SSSR count). The molecule has 0 atom stereocenters. The number of sulfonamides is 1. The van der Waals surface area contributed by atoms with E-state index >= 15 is 0 Å². The van der Waals surface area contributed by atoms with E-state index in [4.69, 9.17) is 4.74 Å². The lowest BCUT2D eigenvalue weighted by atomic mass is 10.2. The molecule has 29 heavy (non-hydrogen) atoms. The van der Waals surface area contributed by atoms with Crippen molar-refractivity contribution in [2.75, 3.05) is 17.1 Å². The largest absolute Gasteiger partial charge is 0.496 e. The highest BCUT2D eigenvalue weighted by Crippen LogP contribution is 2.26. The first-order valence-electron chi connectivity index (χ1n) is 8.32. The Morgan fingerprint density at radius 2 is 1.59 bits per heavy atom. The Labute approximate surface area is 175 Å². The number of halogens is 2. The Morgan fingerprint density at radius 3 is 2.17 bits per heavy atom. The summed E-state index contributed by atoms with van der Waals surface area (Å²) in [6.07, 6.45) is 0. The first-order chi connectivity index (χ1) is 13.8. The molecule has 0 aliphatic heterocycles. The fourth-order valence-electron chi connectivity index (χ4n) is 2.46. The van der Waals surface area contributed by atoms with Gasteiger partial charge in [0.2, 0.25) is 0 Å². The van der Waals surface area contributed by atoms with Gasteiger partial charge in [0.05, 0.1) is 16.5 Å². The number of hydrogen-bond acceptors (Lipinski definition) is 4. The van der Waals surface area contributed by atoms with Crippen LogP contribution < -0.4 is 14.8 Å². The van der Waals surface area contributed by atoms with Crippen molar-refractivity contribution in [3.05, 3.63) is 82.6 Å². The molecule has 0 heterocycles. The third-order valence-electron chi connectivity index (χ3n) is 3.93. The lowest BCUT2D eigenvalue weighted by molar-refractivity contribution is 0.102. The van der Waals surface area contributed by atoms with Gasteiger partial charge in [0.15, 0.2) is 0 Å². The normalized spacial score (nSPS) is 11.0. The van der Waals surface area contributed by atoms with Crippen LogP contribution in [0.15, 0.2) is 76.1 Å². The van der Waals surface area contributed by atoms with Crippen molar-refractivity contribution in [2.24, 2.45) is 0 Å². The predicted octanol–water partition coefficient (Wildman–Crippen LogP) is 4.65. The SMILES string of the molecule is COc1ccc(C(=O)Nc2ccc(S(=O)(=O)Nc3ccc(F)cc3)cc2)cc1Br. The van der Waals surface area contributed by atoms with E-state index in [-0.39, 0.29) is 16.5 Å². The number of amides is 1. The summed E-state index contributed by atoms with van der Waals surface area (Å²) in [6.45, 7) is 0. The number of benzene rings is 3. The smallest absolute Gasteiger partial charge is 0.261 e. The van der Waals surface area contributed by atoms with E-state index in [1.165, 1.54) is 43.5 Å². The molecule has 150 valence electrons. The number of methoxy groups -OCH3 is 1. The topological polar surface area (TPSA) is 84.5 Å². The number of carbonyl (C=O) groups is 1. The summed E-state index contributed by atoms with van der Waals surface area (Å²) in [4.78, 5) is 12.4. The van der Waals surface area contributed by atoms with Gasteiger partial charge in [-0.15, -0.1) is 0 Å². The first kappa shape index (κ1) is 20.8. The third-order valence-corrected chi connectivity index (χ3v) is 5.95. The predicted molar refractivity (Wildman–Crippen MR) is 112 cm³/mol. The maximum absolute atomic E-state index is 13.0. The minimum absolute atomic E-state index is 0.00650. The van der Waals surface area contributed by atoms with Crippen LogP contribution in [-0.4, -0.2) is 21.4 Å². The van der Waals surface area contributed by atoms with Crippen LogP contribution in [-0.2, 0) is 10.0 Å². The molecule has 1 amide bonds. The van der Waals surface area contributed by atoms with Crippen LogP contribution in [0.2, 0.25) is 0 Å². The van der Waals surface area contributed by atoms with E-state index in [9.17, 15) is 17.6 Å². The zero-order chi connectivity index (χ0) is 21.0. The number of nitrogens with one attached hydrogen (secondary N) is 2. The molecule has 2 N–H and O–H groups in total. The van der Waals surface area contributed by atoms with Crippen LogP contribution in [0.3, 0.4) is 0 Å². The summed E-state index contributed by atoms with van der Waals surface area (Å²) >= 11 is 3.32. The number of hydrogen-bond donors (Lipinski definition) is 2. The van der Waals surface area contributed by atoms with Gasteiger partial charge in [-0.1, -0.05) is 0 Å². The van der Waals surface area contributed by atoms with Crippen molar-refractivity contribution in [1.29, 1.82) is 0 Å². The average molecular weight is 479 g/mol. The molecule has 0 unspecified atom stereocenters. The average Bonchev–Trinajstić information content (AvgIpc) is 2.70. The fourth-order valence-corrected chi connectivity index (χ4v) is 4.06. The number of rotatable bonds is 6. The lowest BCUT2D eigenvalue weighted by Crippen LogP contribution is -2.14. The summed E-state index contributed by atoms with van der Waals surface area (Å²) in [5.74, 6) is -0.213. The summed E-state index contributed by atoms with van der Waals surface area (Å²) in [6, 6.07) is 15.6. The highest BCUT2D eigenvalue weighted by molar-refractivity contribution is 9.10. The fraction of sp³-hybridized carbons (Fsp3) is 0.0500. The molecule has 0 aliphatic carbocycles. The third kappa shape index (κ3) is 5.12. The van der Waals surface area contributed by atoms with Crippen LogP contribution in [0.4, 0.5) is 15.8 Å². The molecule has 0 fully saturated rings. The van der Waals surface area contributed by atoms with Gasteiger partial charge in [0.25, 0.3) is 15.9 Å². The molecule has 0 saturated carbocycles. The second-order valence-electron chi connectivity index (χ2n) is 5.94. The highest BCUT2D eigenvalue weighted by Gasteiger charge is 2.15. The molecule has 9 heteroatoms. The van der Waals surface area contributed by atoms with Crippen LogP contribution in [0.5, 0.6) is 5.75 Å². The van der Waals surface area contributed by atoms with E-state index in [1.54, 1.807) is 18.2 Å². The van der Waals surface area contributed by atoms with E-state index in [1.807, 2.05) is 0 Å². The van der Waals surface area contributed by atoms with Gasteiger partial charge in [-0.25, -0.2) is 12.8 Å². The second-order valence-corrected chi connectivity index (χ2v) is 8.48. The lowest BCUT2D eigenvalue weighted by Gasteiger charge is -2.10. The van der Waals surface area contributed by atoms with Crippen molar-refractivity contribution in [1.82, 2.24) is 0 Å². The molecular formula is C20H16BrFN2O4S. The number of carbonyl (C=O) groups excluding carboxylic acids is 1. The van der Waals surface area contributed by atoms with Gasteiger partial charge in [0.1, 0.15) is 11.6 Å². The molecule has 0 saturated heterocycles. The van der Waals surface area contributed by atoms with E-state index in [2.05, 4.69) is 26.0 Å². The summed E-state index contributed by atoms with van der Waals surface area (Å²) in [5, 5.41) is 2.70. The maximum atomic E-state index is 13.0. The molecule has 0 aromatic heterocycles. The quantitative estimate of drug-likeness (QED) is 0.539. The van der Waals surface area contributed by atoms with E-state index in [0.717, 1.165) is 12.1 Å².